The predicted molar refractivity (Wildman–Crippen MR) is 75.2 cm³/mol. The second-order valence-corrected chi connectivity index (χ2v) is 9.11. The maximum Gasteiger partial charge on any atom is 0.250 e. The minimum atomic E-state index is -3.44. The fraction of sp³-hybridized carbons (Fsp3) is 0.500. The Kier molecular flexibility index (Phi) is 5.74. The number of thiophene rings is 1. The highest BCUT2D eigenvalue weighted by Gasteiger charge is 2.19. The SMILES string of the molecule is CCC(Br)CNS(=O)(=O)c1cc(Cl)c(Br)s1. The summed E-state index contributed by atoms with van der Waals surface area (Å²) in [5, 5.41) is 0.413. The second kappa shape index (κ2) is 6.15. The standard InChI is InChI=1S/C8H10Br2ClNO2S2/c1-2-5(9)4-12-16(13,14)7-3-6(11)8(10)15-7/h3,5,12H,2,4H2,1H3. The van der Waals surface area contributed by atoms with Crippen LogP contribution < -0.4 is 4.72 Å². The molecule has 0 amide bonds. The third kappa shape index (κ3) is 3.96. The molecule has 92 valence electrons. The molecule has 0 saturated heterocycles. The summed E-state index contributed by atoms with van der Waals surface area (Å²) >= 11 is 13.4. The molecule has 1 aromatic rings. The Balaban J connectivity index is 2.78. The lowest BCUT2D eigenvalue weighted by Gasteiger charge is -2.07. The summed E-state index contributed by atoms with van der Waals surface area (Å²) in [5.74, 6) is 0. The van der Waals surface area contributed by atoms with Crippen molar-refractivity contribution in [3.8, 4) is 0 Å². The van der Waals surface area contributed by atoms with Crippen LogP contribution in [0, 0.1) is 0 Å². The Morgan fingerprint density at radius 1 is 1.62 bits per heavy atom. The number of hydrogen-bond acceptors (Lipinski definition) is 3. The van der Waals surface area contributed by atoms with Crippen molar-refractivity contribution in [2.75, 3.05) is 6.54 Å². The maximum absolute atomic E-state index is 11.8. The first kappa shape index (κ1) is 14.9. The Morgan fingerprint density at radius 3 is 2.69 bits per heavy atom. The normalized spacial score (nSPS) is 14.0. The molecule has 0 radical (unpaired) electrons. The summed E-state index contributed by atoms with van der Waals surface area (Å²) in [6.07, 6.45) is 0.859. The number of halogens is 3. The highest BCUT2D eigenvalue weighted by atomic mass is 79.9. The van der Waals surface area contributed by atoms with Crippen LogP contribution in [-0.4, -0.2) is 19.8 Å². The molecule has 0 fully saturated rings. The average Bonchev–Trinajstić information content (AvgIpc) is 2.56. The van der Waals surface area contributed by atoms with Crippen LogP contribution in [0.25, 0.3) is 0 Å². The Morgan fingerprint density at radius 2 is 2.25 bits per heavy atom. The maximum atomic E-state index is 11.8. The smallest absolute Gasteiger partial charge is 0.209 e. The second-order valence-electron chi connectivity index (χ2n) is 3.04. The molecule has 0 aliphatic heterocycles. The monoisotopic (exact) mass is 409 g/mol. The van der Waals surface area contributed by atoms with Crippen LogP contribution >= 0.6 is 54.8 Å². The van der Waals surface area contributed by atoms with Gasteiger partial charge in [0, 0.05) is 11.4 Å². The van der Waals surface area contributed by atoms with Crippen LogP contribution in [0.15, 0.2) is 14.1 Å². The van der Waals surface area contributed by atoms with E-state index in [2.05, 4.69) is 36.6 Å². The molecule has 1 atom stereocenters. The van der Waals surface area contributed by atoms with Gasteiger partial charge in [-0.1, -0.05) is 34.5 Å². The van der Waals surface area contributed by atoms with Crippen LogP contribution in [0.1, 0.15) is 13.3 Å². The summed E-state index contributed by atoms with van der Waals surface area (Å²) in [6, 6.07) is 1.44. The third-order valence-electron chi connectivity index (χ3n) is 1.83. The fourth-order valence-corrected chi connectivity index (χ4v) is 4.78. The van der Waals surface area contributed by atoms with Crippen molar-refractivity contribution in [1.29, 1.82) is 0 Å². The number of rotatable bonds is 5. The highest BCUT2D eigenvalue weighted by Crippen LogP contribution is 2.34. The van der Waals surface area contributed by atoms with Gasteiger partial charge >= 0.3 is 0 Å². The van der Waals surface area contributed by atoms with Crippen molar-refractivity contribution in [1.82, 2.24) is 4.72 Å². The summed E-state index contributed by atoms with van der Waals surface area (Å²) in [7, 11) is -3.44. The van der Waals surface area contributed by atoms with Crippen LogP contribution in [0.4, 0.5) is 0 Å². The first-order valence-electron chi connectivity index (χ1n) is 4.45. The van der Waals surface area contributed by atoms with Crippen molar-refractivity contribution >= 4 is 64.8 Å². The lowest BCUT2D eigenvalue weighted by Crippen LogP contribution is -2.28. The van der Waals surface area contributed by atoms with Crippen molar-refractivity contribution < 1.29 is 8.42 Å². The van der Waals surface area contributed by atoms with Crippen LogP contribution in [-0.2, 0) is 10.0 Å². The first-order chi connectivity index (χ1) is 7.36. The first-order valence-corrected chi connectivity index (χ1v) is 8.84. The topological polar surface area (TPSA) is 46.2 Å². The largest absolute Gasteiger partial charge is 0.250 e. The molecule has 0 spiro atoms. The lowest BCUT2D eigenvalue weighted by molar-refractivity contribution is 0.582. The number of nitrogens with one attached hydrogen (secondary N) is 1. The minimum absolute atomic E-state index is 0.140. The van der Waals surface area contributed by atoms with Gasteiger partial charge in [0.05, 0.1) is 8.81 Å². The van der Waals surface area contributed by atoms with E-state index in [1.54, 1.807) is 0 Å². The molecule has 1 heterocycles. The Labute approximate surface area is 121 Å². The summed E-state index contributed by atoms with van der Waals surface area (Å²) < 4.78 is 27.0. The van der Waals surface area contributed by atoms with Gasteiger partial charge < -0.3 is 0 Å². The molecule has 0 aliphatic rings. The summed E-state index contributed by atoms with van der Waals surface area (Å²) in [4.78, 5) is 0.140. The molecule has 3 nitrogen and oxygen atoms in total. The van der Waals surface area contributed by atoms with E-state index in [1.165, 1.54) is 6.07 Å². The molecule has 0 aromatic carbocycles. The van der Waals surface area contributed by atoms with E-state index in [-0.39, 0.29) is 9.04 Å². The molecule has 0 bridgehead atoms. The van der Waals surface area contributed by atoms with Crippen LogP contribution in [0.3, 0.4) is 0 Å². The molecule has 1 N–H and O–H groups in total. The highest BCUT2D eigenvalue weighted by molar-refractivity contribution is 9.11. The van der Waals surface area contributed by atoms with Crippen molar-refractivity contribution in [3.63, 3.8) is 0 Å². The van der Waals surface area contributed by atoms with Gasteiger partial charge in [-0.3, -0.25) is 0 Å². The molecular formula is C8H10Br2ClNO2S2. The zero-order chi connectivity index (χ0) is 12.3. The van der Waals surface area contributed by atoms with Crippen molar-refractivity contribution in [3.05, 3.63) is 14.9 Å². The van der Waals surface area contributed by atoms with Gasteiger partial charge in [-0.15, -0.1) is 11.3 Å². The Bertz CT molecular complexity index is 441. The molecule has 0 saturated carbocycles. The van der Waals surface area contributed by atoms with Crippen molar-refractivity contribution in [2.45, 2.75) is 22.4 Å². The quantitative estimate of drug-likeness (QED) is 0.753. The van der Waals surface area contributed by atoms with Gasteiger partial charge in [-0.2, -0.15) is 0 Å². The van der Waals surface area contributed by atoms with E-state index >= 15 is 0 Å². The number of alkyl halides is 1. The zero-order valence-corrected chi connectivity index (χ0v) is 13.9. The summed E-state index contributed by atoms with van der Waals surface area (Å²) in [5.41, 5.74) is 0. The van der Waals surface area contributed by atoms with E-state index in [1.807, 2.05) is 6.92 Å². The van der Waals surface area contributed by atoms with Gasteiger partial charge in [0.25, 0.3) is 0 Å². The van der Waals surface area contributed by atoms with Gasteiger partial charge in [-0.25, -0.2) is 13.1 Å². The van der Waals surface area contributed by atoms with Gasteiger partial charge in [0.2, 0.25) is 10.0 Å². The molecule has 1 rings (SSSR count). The number of hydrogen-bond donors (Lipinski definition) is 1. The van der Waals surface area contributed by atoms with Gasteiger partial charge in [0.15, 0.2) is 0 Å². The number of sulfonamides is 1. The van der Waals surface area contributed by atoms with Crippen molar-refractivity contribution in [2.24, 2.45) is 0 Å². The third-order valence-corrected chi connectivity index (χ3v) is 7.17. The molecule has 0 aliphatic carbocycles. The predicted octanol–water partition coefficient (Wildman–Crippen LogP) is 3.62. The molecule has 16 heavy (non-hydrogen) atoms. The molecular weight excluding hydrogens is 401 g/mol. The summed E-state index contributed by atoms with van der Waals surface area (Å²) in [6.45, 7) is 2.35. The van der Waals surface area contributed by atoms with Crippen LogP contribution in [0.2, 0.25) is 5.02 Å². The zero-order valence-electron chi connectivity index (χ0n) is 8.34. The Hall–Kier alpha value is 0.860. The van der Waals surface area contributed by atoms with E-state index in [9.17, 15) is 8.42 Å². The molecule has 8 heteroatoms. The fourth-order valence-electron chi connectivity index (χ4n) is 0.875. The lowest BCUT2D eigenvalue weighted by atomic mass is 10.3. The minimum Gasteiger partial charge on any atom is -0.209 e. The molecule has 1 unspecified atom stereocenters. The van der Waals surface area contributed by atoms with Crippen LogP contribution in [0.5, 0.6) is 0 Å². The van der Waals surface area contributed by atoms with E-state index in [4.69, 9.17) is 11.6 Å². The molecule has 1 aromatic heterocycles. The van der Waals surface area contributed by atoms with E-state index < -0.39 is 10.0 Å². The van der Waals surface area contributed by atoms with Gasteiger partial charge in [0.1, 0.15) is 4.21 Å². The van der Waals surface area contributed by atoms with E-state index in [0.717, 1.165) is 17.8 Å². The van der Waals surface area contributed by atoms with Gasteiger partial charge in [-0.05, 0) is 28.4 Å². The average molecular weight is 412 g/mol. The van der Waals surface area contributed by atoms with E-state index in [0.29, 0.717) is 15.4 Å².